The number of sulfone groups is 1. The summed E-state index contributed by atoms with van der Waals surface area (Å²) >= 11 is 0. The molecule has 0 aromatic heterocycles. The zero-order valence-corrected chi connectivity index (χ0v) is 11.6. The lowest BCUT2D eigenvalue weighted by molar-refractivity contribution is -0.133. The first kappa shape index (κ1) is 16.3. The Bertz CT molecular complexity index is 359. The first-order valence-corrected chi connectivity index (χ1v) is 7.39. The highest BCUT2D eigenvalue weighted by atomic mass is 32.2. The Morgan fingerprint density at radius 2 is 1.94 bits per heavy atom. The maximum atomic E-state index is 11.7. The standard InChI is InChI=1S/C10H22N2O4S/c1-10(2,14)7-12(3)9(13)8(11)5-6-17(4,15)16/h8,14H,5-7,11H2,1-4H3. The predicted molar refractivity (Wildman–Crippen MR) is 66.2 cm³/mol. The first-order chi connectivity index (χ1) is 7.42. The molecule has 17 heavy (non-hydrogen) atoms. The summed E-state index contributed by atoms with van der Waals surface area (Å²) in [7, 11) is -1.59. The molecule has 6 nitrogen and oxygen atoms in total. The average Bonchev–Trinajstić information content (AvgIpc) is 2.08. The second kappa shape index (κ2) is 5.79. The van der Waals surface area contributed by atoms with Crippen LogP contribution in [-0.2, 0) is 14.6 Å². The Balaban J connectivity index is 4.31. The smallest absolute Gasteiger partial charge is 0.239 e. The van der Waals surface area contributed by atoms with Gasteiger partial charge in [0.2, 0.25) is 5.91 Å². The Morgan fingerprint density at radius 3 is 2.29 bits per heavy atom. The van der Waals surface area contributed by atoms with Crippen LogP contribution in [0.4, 0.5) is 0 Å². The largest absolute Gasteiger partial charge is 0.389 e. The van der Waals surface area contributed by atoms with Crippen molar-refractivity contribution in [2.24, 2.45) is 5.73 Å². The maximum Gasteiger partial charge on any atom is 0.239 e. The number of carbonyl (C=O) groups excluding carboxylic acids is 1. The van der Waals surface area contributed by atoms with Crippen molar-refractivity contribution >= 4 is 15.7 Å². The molecule has 1 amide bonds. The molecule has 0 aliphatic rings. The molecule has 0 saturated heterocycles. The molecule has 0 aliphatic carbocycles. The van der Waals surface area contributed by atoms with Gasteiger partial charge in [-0.05, 0) is 20.3 Å². The second-order valence-electron chi connectivity index (χ2n) is 5.03. The predicted octanol–water partition coefficient (Wildman–Crippen LogP) is -1.02. The zero-order chi connectivity index (χ0) is 13.9. The van der Waals surface area contributed by atoms with E-state index in [4.69, 9.17) is 5.73 Å². The van der Waals surface area contributed by atoms with Crippen LogP contribution in [0.1, 0.15) is 20.3 Å². The molecule has 1 atom stereocenters. The highest BCUT2D eigenvalue weighted by Gasteiger charge is 2.24. The van der Waals surface area contributed by atoms with Crippen LogP contribution in [0.3, 0.4) is 0 Å². The van der Waals surface area contributed by atoms with Crippen LogP contribution >= 0.6 is 0 Å². The molecule has 7 heteroatoms. The van der Waals surface area contributed by atoms with Crippen molar-refractivity contribution in [3.63, 3.8) is 0 Å². The molecule has 0 bridgehead atoms. The highest BCUT2D eigenvalue weighted by molar-refractivity contribution is 7.90. The molecular weight excluding hydrogens is 244 g/mol. The number of nitrogens with two attached hydrogens (primary N) is 1. The van der Waals surface area contributed by atoms with Crippen molar-refractivity contribution in [3.8, 4) is 0 Å². The van der Waals surface area contributed by atoms with Crippen LogP contribution in [-0.4, -0.2) is 61.6 Å². The van der Waals surface area contributed by atoms with Crippen molar-refractivity contribution in [2.75, 3.05) is 25.6 Å². The summed E-state index contributed by atoms with van der Waals surface area (Å²) in [6.07, 6.45) is 1.19. The van der Waals surface area contributed by atoms with Gasteiger partial charge in [0.1, 0.15) is 9.84 Å². The Kier molecular flexibility index (Phi) is 5.57. The summed E-state index contributed by atoms with van der Waals surface area (Å²) in [5.74, 6) is -0.480. The van der Waals surface area contributed by atoms with Crippen molar-refractivity contribution in [1.82, 2.24) is 4.90 Å². The Hall–Kier alpha value is -0.660. The van der Waals surface area contributed by atoms with Crippen molar-refractivity contribution in [2.45, 2.75) is 31.9 Å². The van der Waals surface area contributed by atoms with Crippen LogP contribution in [0.5, 0.6) is 0 Å². The van der Waals surface area contributed by atoms with Crippen molar-refractivity contribution < 1.29 is 18.3 Å². The molecule has 1 unspecified atom stereocenters. The van der Waals surface area contributed by atoms with Gasteiger partial charge in [0.15, 0.2) is 0 Å². The number of hydrogen-bond donors (Lipinski definition) is 2. The monoisotopic (exact) mass is 266 g/mol. The summed E-state index contributed by atoms with van der Waals surface area (Å²) < 4.78 is 21.9. The van der Waals surface area contributed by atoms with Gasteiger partial charge in [-0.25, -0.2) is 8.42 Å². The van der Waals surface area contributed by atoms with E-state index in [1.54, 1.807) is 13.8 Å². The Morgan fingerprint density at radius 1 is 1.47 bits per heavy atom. The van der Waals surface area contributed by atoms with E-state index in [1.807, 2.05) is 0 Å². The fourth-order valence-corrected chi connectivity index (χ4v) is 2.09. The average molecular weight is 266 g/mol. The van der Waals surface area contributed by atoms with Crippen molar-refractivity contribution in [3.05, 3.63) is 0 Å². The van der Waals surface area contributed by atoms with Crippen LogP contribution in [0.15, 0.2) is 0 Å². The molecule has 0 aromatic carbocycles. The van der Waals surface area contributed by atoms with E-state index in [2.05, 4.69) is 0 Å². The number of amides is 1. The van der Waals surface area contributed by atoms with E-state index >= 15 is 0 Å². The SMILES string of the molecule is CN(CC(C)(C)O)C(=O)C(N)CCS(C)(=O)=O. The van der Waals surface area contributed by atoms with Gasteiger partial charge in [-0.1, -0.05) is 0 Å². The minimum absolute atomic E-state index is 0.0911. The third-order valence-electron chi connectivity index (χ3n) is 2.12. The van der Waals surface area contributed by atoms with Crippen LogP contribution in [0.25, 0.3) is 0 Å². The summed E-state index contributed by atoms with van der Waals surface area (Å²) in [6.45, 7) is 3.32. The fourth-order valence-electron chi connectivity index (χ4n) is 1.41. The molecule has 0 rings (SSSR count). The van der Waals surface area contributed by atoms with Gasteiger partial charge in [0, 0.05) is 19.8 Å². The summed E-state index contributed by atoms with van der Waals surface area (Å²) in [4.78, 5) is 13.0. The Labute approximate surface area is 103 Å². The van der Waals surface area contributed by atoms with Gasteiger partial charge < -0.3 is 15.7 Å². The van der Waals surface area contributed by atoms with E-state index in [1.165, 1.54) is 11.9 Å². The molecular formula is C10H22N2O4S. The van der Waals surface area contributed by atoms with E-state index in [0.717, 1.165) is 6.26 Å². The maximum absolute atomic E-state index is 11.7. The normalized spacial score (nSPS) is 14.5. The van der Waals surface area contributed by atoms with Crippen LogP contribution in [0, 0.1) is 0 Å². The number of rotatable bonds is 6. The second-order valence-corrected chi connectivity index (χ2v) is 7.29. The zero-order valence-electron chi connectivity index (χ0n) is 10.8. The number of likely N-dealkylation sites (N-methyl/N-ethyl adjacent to an activating group) is 1. The number of carbonyl (C=O) groups is 1. The van der Waals surface area contributed by atoms with Crippen molar-refractivity contribution in [1.29, 1.82) is 0 Å². The summed E-state index contributed by atoms with van der Waals surface area (Å²) in [6, 6.07) is -0.850. The van der Waals surface area contributed by atoms with E-state index in [0.29, 0.717) is 0 Å². The number of hydrogen-bond acceptors (Lipinski definition) is 5. The number of aliphatic hydroxyl groups is 1. The fraction of sp³-hybridized carbons (Fsp3) is 0.900. The lowest BCUT2D eigenvalue weighted by atomic mass is 10.1. The third kappa shape index (κ3) is 8.12. The van der Waals surface area contributed by atoms with Gasteiger partial charge in [-0.15, -0.1) is 0 Å². The molecule has 0 radical (unpaired) electrons. The third-order valence-corrected chi connectivity index (χ3v) is 3.09. The molecule has 0 aromatic rings. The van der Waals surface area contributed by atoms with E-state index in [-0.39, 0.29) is 24.6 Å². The van der Waals surface area contributed by atoms with Gasteiger partial charge in [0.25, 0.3) is 0 Å². The molecule has 0 heterocycles. The van der Waals surface area contributed by atoms with Crippen LogP contribution in [0.2, 0.25) is 0 Å². The lowest BCUT2D eigenvalue weighted by Crippen LogP contribution is -2.47. The quantitative estimate of drug-likeness (QED) is 0.641. The summed E-state index contributed by atoms with van der Waals surface area (Å²) in [5, 5.41) is 9.55. The van der Waals surface area contributed by atoms with Crippen LogP contribution < -0.4 is 5.73 Å². The molecule has 0 aliphatic heterocycles. The van der Waals surface area contributed by atoms with E-state index in [9.17, 15) is 18.3 Å². The van der Waals surface area contributed by atoms with Gasteiger partial charge >= 0.3 is 0 Å². The van der Waals surface area contributed by atoms with Gasteiger partial charge in [-0.2, -0.15) is 0 Å². The molecule has 0 spiro atoms. The van der Waals surface area contributed by atoms with Gasteiger partial charge in [-0.3, -0.25) is 4.79 Å². The van der Waals surface area contributed by atoms with Gasteiger partial charge in [0.05, 0.1) is 17.4 Å². The molecule has 0 saturated carbocycles. The molecule has 3 N–H and O–H groups in total. The number of nitrogens with zero attached hydrogens (tertiary/aromatic N) is 1. The summed E-state index contributed by atoms with van der Waals surface area (Å²) in [5.41, 5.74) is 4.61. The lowest BCUT2D eigenvalue weighted by Gasteiger charge is -2.27. The minimum Gasteiger partial charge on any atom is -0.389 e. The van der Waals surface area contributed by atoms with E-state index < -0.39 is 21.5 Å². The minimum atomic E-state index is -3.11. The highest BCUT2D eigenvalue weighted by Crippen LogP contribution is 2.05. The topological polar surface area (TPSA) is 101 Å². The molecule has 0 fully saturated rings. The first-order valence-electron chi connectivity index (χ1n) is 5.33. The molecule has 102 valence electrons.